The first kappa shape index (κ1) is 20.8. The minimum atomic E-state index is -2.89. The van der Waals surface area contributed by atoms with E-state index in [1.807, 2.05) is 30.3 Å². The van der Waals surface area contributed by atoms with Crippen LogP contribution in [0.15, 0.2) is 64.2 Å². The van der Waals surface area contributed by atoms with Crippen molar-refractivity contribution in [2.45, 2.75) is 31.1 Å². The molecule has 0 aliphatic heterocycles. The maximum absolute atomic E-state index is 12.1. The number of carbonyl (C=O) groups excluding carboxylic acids is 1. The summed E-state index contributed by atoms with van der Waals surface area (Å²) in [5.41, 5.74) is 1.66. The number of hydrogen-bond acceptors (Lipinski definition) is 6. The minimum Gasteiger partial charge on any atom is -0.435 e. The van der Waals surface area contributed by atoms with Crippen LogP contribution in [-0.4, -0.2) is 28.5 Å². The molecule has 1 unspecified atom stereocenters. The molecule has 9 heteroatoms. The Morgan fingerprint density at radius 2 is 1.86 bits per heavy atom. The van der Waals surface area contributed by atoms with Crippen LogP contribution >= 0.6 is 11.8 Å². The van der Waals surface area contributed by atoms with Crippen LogP contribution in [0.4, 0.5) is 14.5 Å². The molecule has 2 aromatic carbocycles. The van der Waals surface area contributed by atoms with Gasteiger partial charge >= 0.3 is 6.61 Å². The van der Waals surface area contributed by atoms with Gasteiger partial charge in [0.25, 0.3) is 5.22 Å². The molecule has 1 aromatic heterocycles. The molecule has 29 heavy (non-hydrogen) atoms. The second-order valence-electron chi connectivity index (χ2n) is 6.22. The molecule has 0 saturated heterocycles. The lowest BCUT2D eigenvalue weighted by molar-refractivity contribution is -0.113. The van der Waals surface area contributed by atoms with E-state index < -0.39 is 6.61 Å². The standard InChI is InChI=1S/C20H19F2N3O3S/c1-13(14-5-3-2-4-6-14)11-18-24-25-20(28-18)29-12-17(26)23-15-7-9-16(10-8-15)27-19(21)22/h2-10,13,19H,11-12H2,1H3,(H,23,26). The number of hydrogen-bond donors (Lipinski definition) is 1. The van der Waals surface area contributed by atoms with Gasteiger partial charge in [-0.3, -0.25) is 4.79 Å². The van der Waals surface area contributed by atoms with Gasteiger partial charge in [-0.15, -0.1) is 10.2 Å². The molecule has 0 radical (unpaired) electrons. The highest BCUT2D eigenvalue weighted by Gasteiger charge is 2.14. The molecule has 3 aromatic rings. The van der Waals surface area contributed by atoms with E-state index in [2.05, 4.69) is 27.2 Å². The van der Waals surface area contributed by atoms with E-state index in [1.165, 1.54) is 29.8 Å². The van der Waals surface area contributed by atoms with E-state index in [4.69, 9.17) is 4.42 Å². The van der Waals surface area contributed by atoms with Crippen LogP contribution in [0.5, 0.6) is 5.75 Å². The smallest absolute Gasteiger partial charge is 0.387 e. The molecule has 6 nitrogen and oxygen atoms in total. The van der Waals surface area contributed by atoms with E-state index >= 15 is 0 Å². The molecule has 0 aliphatic rings. The molecule has 1 atom stereocenters. The summed E-state index contributed by atoms with van der Waals surface area (Å²) in [6.45, 7) is -0.806. The maximum atomic E-state index is 12.1. The third-order valence-corrected chi connectivity index (χ3v) is 4.81. The predicted molar refractivity (Wildman–Crippen MR) is 105 cm³/mol. The summed E-state index contributed by atoms with van der Waals surface area (Å²) in [7, 11) is 0. The minimum absolute atomic E-state index is 0.0236. The highest BCUT2D eigenvalue weighted by molar-refractivity contribution is 7.99. The van der Waals surface area contributed by atoms with Crippen LogP contribution in [-0.2, 0) is 11.2 Å². The molecule has 3 rings (SSSR count). The predicted octanol–water partition coefficient (Wildman–Crippen LogP) is 4.75. The fraction of sp³-hybridized carbons (Fsp3) is 0.250. The van der Waals surface area contributed by atoms with Crippen LogP contribution in [0.1, 0.15) is 24.3 Å². The Hall–Kier alpha value is -2.94. The maximum Gasteiger partial charge on any atom is 0.387 e. The van der Waals surface area contributed by atoms with Crippen molar-refractivity contribution in [1.82, 2.24) is 10.2 Å². The topological polar surface area (TPSA) is 77.2 Å². The summed E-state index contributed by atoms with van der Waals surface area (Å²) in [6, 6.07) is 15.7. The van der Waals surface area contributed by atoms with Crippen LogP contribution in [0.3, 0.4) is 0 Å². The number of ether oxygens (including phenoxy) is 1. The number of benzene rings is 2. The Bertz CT molecular complexity index is 920. The number of nitrogens with one attached hydrogen (secondary N) is 1. The largest absolute Gasteiger partial charge is 0.435 e. The number of rotatable bonds is 9. The zero-order valence-corrected chi connectivity index (χ0v) is 16.4. The summed E-state index contributed by atoms with van der Waals surface area (Å²) in [5, 5.41) is 11.0. The highest BCUT2D eigenvalue weighted by atomic mass is 32.2. The first-order valence-electron chi connectivity index (χ1n) is 8.84. The van der Waals surface area contributed by atoms with Gasteiger partial charge in [-0.1, -0.05) is 49.0 Å². The Balaban J connectivity index is 1.46. The molecule has 1 N–H and O–H groups in total. The second kappa shape index (κ2) is 10.0. The fourth-order valence-electron chi connectivity index (χ4n) is 2.58. The number of carbonyl (C=O) groups is 1. The van der Waals surface area contributed by atoms with E-state index in [-0.39, 0.29) is 23.3 Å². The Morgan fingerprint density at radius 3 is 2.55 bits per heavy atom. The number of halogens is 2. The average molecular weight is 419 g/mol. The Morgan fingerprint density at radius 1 is 1.14 bits per heavy atom. The van der Waals surface area contributed by atoms with E-state index in [1.54, 1.807) is 0 Å². The summed E-state index contributed by atoms with van der Waals surface area (Å²) < 4.78 is 34.1. The fourth-order valence-corrected chi connectivity index (χ4v) is 3.16. The molecular weight excluding hydrogens is 400 g/mol. The summed E-state index contributed by atoms with van der Waals surface area (Å²) in [6.07, 6.45) is 0.608. The van der Waals surface area contributed by atoms with Gasteiger partial charge in [-0.2, -0.15) is 8.78 Å². The summed E-state index contributed by atoms with van der Waals surface area (Å²) in [5.74, 6) is 0.560. The number of anilines is 1. The second-order valence-corrected chi connectivity index (χ2v) is 7.14. The average Bonchev–Trinajstić information content (AvgIpc) is 3.15. The van der Waals surface area contributed by atoms with Gasteiger partial charge in [0.1, 0.15) is 5.75 Å². The zero-order valence-electron chi connectivity index (χ0n) is 15.5. The summed E-state index contributed by atoms with van der Waals surface area (Å²) in [4.78, 5) is 12.0. The van der Waals surface area contributed by atoms with Crippen molar-refractivity contribution in [3.8, 4) is 5.75 Å². The van der Waals surface area contributed by atoms with Crippen molar-refractivity contribution in [2.24, 2.45) is 0 Å². The van der Waals surface area contributed by atoms with Crippen molar-refractivity contribution in [3.63, 3.8) is 0 Å². The van der Waals surface area contributed by atoms with Crippen molar-refractivity contribution >= 4 is 23.4 Å². The van der Waals surface area contributed by atoms with E-state index in [0.717, 1.165) is 11.8 Å². The quantitative estimate of drug-likeness (QED) is 0.505. The molecule has 1 amide bonds. The number of alkyl halides is 2. The Kier molecular flexibility index (Phi) is 7.18. The van der Waals surface area contributed by atoms with Gasteiger partial charge in [0.05, 0.1) is 5.75 Å². The Labute approximate surface area is 170 Å². The first-order chi connectivity index (χ1) is 14.0. The van der Waals surface area contributed by atoms with E-state index in [9.17, 15) is 13.6 Å². The third kappa shape index (κ3) is 6.56. The van der Waals surface area contributed by atoms with Gasteiger partial charge in [0.2, 0.25) is 11.8 Å². The lowest BCUT2D eigenvalue weighted by Crippen LogP contribution is -2.14. The van der Waals surface area contributed by atoms with Crippen molar-refractivity contribution < 1.29 is 22.7 Å². The lowest BCUT2D eigenvalue weighted by Gasteiger charge is -2.08. The monoisotopic (exact) mass is 419 g/mol. The SMILES string of the molecule is CC(Cc1nnc(SCC(=O)Nc2ccc(OC(F)F)cc2)o1)c1ccccc1. The first-order valence-corrected chi connectivity index (χ1v) is 9.83. The molecule has 152 valence electrons. The van der Waals surface area contributed by atoms with Crippen LogP contribution in [0.25, 0.3) is 0 Å². The zero-order chi connectivity index (χ0) is 20.6. The van der Waals surface area contributed by atoms with Crippen LogP contribution in [0.2, 0.25) is 0 Å². The number of amides is 1. The van der Waals surface area contributed by atoms with Gasteiger partial charge < -0.3 is 14.5 Å². The lowest BCUT2D eigenvalue weighted by atomic mass is 9.98. The van der Waals surface area contributed by atoms with Gasteiger partial charge in [0.15, 0.2) is 0 Å². The van der Waals surface area contributed by atoms with Gasteiger partial charge in [-0.25, -0.2) is 0 Å². The summed E-state index contributed by atoms with van der Waals surface area (Å²) >= 11 is 1.13. The number of thioether (sulfide) groups is 1. The van der Waals surface area contributed by atoms with Gasteiger partial charge in [0, 0.05) is 12.1 Å². The van der Waals surface area contributed by atoms with Crippen LogP contribution in [0, 0.1) is 0 Å². The number of aromatic nitrogens is 2. The highest BCUT2D eigenvalue weighted by Crippen LogP contribution is 2.23. The molecule has 0 spiro atoms. The normalized spacial score (nSPS) is 12.0. The molecule has 0 saturated carbocycles. The van der Waals surface area contributed by atoms with E-state index in [0.29, 0.717) is 23.2 Å². The molecular formula is C20H19F2N3O3S. The molecule has 0 bridgehead atoms. The molecule has 1 heterocycles. The van der Waals surface area contributed by atoms with Crippen molar-refractivity contribution in [3.05, 3.63) is 66.1 Å². The van der Waals surface area contributed by atoms with Crippen molar-refractivity contribution in [1.29, 1.82) is 0 Å². The molecule has 0 fully saturated rings. The van der Waals surface area contributed by atoms with Gasteiger partial charge in [-0.05, 0) is 35.7 Å². The third-order valence-electron chi connectivity index (χ3n) is 3.99. The van der Waals surface area contributed by atoms with Crippen LogP contribution < -0.4 is 10.1 Å². The number of nitrogens with zero attached hydrogens (tertiary/aromatic N) is 2. The van der Waals surface area contributed by atoms with Crippen molar-refractivity contribution in [2.75, 3.05) is 11.1 Å². The molecule has 0 aliphatic carbocycles.